The van der Waals surface area contributed by atoms with Gasteiger partial charge in [0, 0.05) is 11.9 Å². The molecule has 4 heteroatoms. The fourth-order valence-electron chi connectivity index (χ4n) is 2.52. The normalized spacial score (nSPS) is 38.8. The Bertz CT molecular complexity index is 291. The van der Waals surface area contributed by atoms with E-state index in [1.807, 2.05) is 11.8 Å². The molecule has 1 saturated carbocycles. The Morgan fingerprint density at radius 1 is 1.44 bits per heavy atom. The first-order valence-corrected chi connectivity index (χ1v) is 7.34. The second-order valence-corrected chi connectivity index (χ2v) is 6.30. The Hall–Kier alpha value is -0.220. The molecule has 1 saturated heterocycles. The Labute approximate surface area is 101 Å². The van der Waals surface area contributed by atoms with Crippen LogP contribution in [0.4, 0.5) is 0 Å². The van der Waals surface area contributed by atoms with Crippen LogP contribution in [0.25, 0.3) is 0 Å². The number of hydrogen-bond acceptors (Lipinski definition) is 4. The third-order valence-corrected chi connectivity index (χ3v) is 4.99. The molecule has 3 unspecified atom stereocenters. The molecule has 2 heterocycles. The van der Waals surface area contributed by atoms with Crippen LogP contribution in [0, 0.1) is 5.92 Å². The smallest absolute Gasteiger partial charge is 0.157 e. The molecule has 16 heavy (non-hydrogen) atoms. The van der Waals surface area contributed by atoms with Gasteiger partial charge in [0.15, 0.2) is 5.17 Å². The van der Waals surface area contributed by atoms with Gasteiger partial charge in [-0.05, 0) is 31.6 Å². The van der Waals surface area contributed by atoms with Crippen LogP contribution < -0.4 is 5.32 Å². The van der Waals surface area contributed by atoms with Gasteiger partial charge in [-0.25, -0.2) is 0 Å². The molecule has 3 rings (SSSR count). The minimum Gasteiger partial charge on any atom is -0.376 e. The fraction of sp³-hybridized carbons (Fsp3) is 0.917. The second kappa shape index (κ2) is 4.57. The highest BCUT2D eigenvalue weighted by Gasteiger charge is 2.41. The zero-order chi connectivity index (χ0) is 11.0. The van der Waals surface area contributed by atoms with Gasteiger partial charge in [0.2, 0.25) is 0 Å². The lowest BCUT2D eigenvalue weighted by Crippen LogP contribution is -2.40. The van der Waals surface area contributed by atoms with Crippen LogP contribution in [0.15, 0.2) is 4.99 Å². The van der Waals surface area contributed by atoms with Crippen LogP contribution in [0.2, 0.25) is 0 Å². The Kier molecular flexibility index (Phi) is 3.11. The number of nitrogens with zero attached hydrogens (tertiary/aromatic N) is 1. The molecule has 0 aromatic heterocycles. The lowest BCUT2D eigenvalue weighted by molar-refractivity contribution is 0.0844. The van der Waals surface area contributed by atoms with Gasteiger partial charge in [-0.2, -0.15) is 0 Å². The SMILES string of the molecule is CCC1CN=C(NC2CCOC2C2CC2)S1. The molecule has 3 nitrogen and oxygen atoms in total. The molecule has 3 aliphatic rings. The van der Waals surface area contributed by atoms with E-state index in [2.05, 4.69) is 17.2 Å². The summed E-state index contributed by atoms with van der Waals surface area (Å²) in [5.74, 6) is 0.828. The molecule has 0 radical (unpaired) electrons. The lowest BCUT2D eigenvalue weighted by Gasteiger charge is -2.20. The molecule has 0 aromatic rings. The third kappa shape index (κ3) is 2.23. The molecule has 2 fully saturated rings. The monoisotopic (exact) mass is 240 g/mol. The summed E-state index contributed by atoms with van der Waals surface area (Å²) in [6.45, 7) is 4.15. The Morgan fingerprint density at radius 3 is 3.00 bits per heavy atom. The van der Waals surface area contributed by atoms with Gasteiger partial charge >= 0.3 is 0 Å². The lowest BCUT2D eigenvalue weighted by atomic mass is 10.1. The highest BCUT2D eigenvalue weighted by molar-refractivity contribution is 8.14. The molecule has 1 aliphatic carbocycles. The topological polar surface area (TPSA) is 33.6 Å². The molecular formula is C12H20N2OS. The average molecular weight is 240 g/mol. The van der Waals surface area contributed by atoms with Crippen LogP contribution in [-0.2, 0) is 4.74 Å². The summed E-state index contributed by atoms with van der Waals surface area (Å²) >= 11 is 1.91. The van der Waals surface area contributed by atoms with E-state index in [0.717, 1.165) is 30.7 Å². The molecule has 0 spiro atoms. The van der Waals surface area contributed by atoms with E-state index >= 15 is 0 Å². The Balaban J connectivity index is 1.54. The van der Waals surface area contributed by atoms with Crippen molar-refractivity contribution in [1.82, 2.24) is 5.32 Å². The highest BCUT2D eigenvalue weighted by Crippen LogP contribution is 2.39. The summed E-state index contributed by atoms with van der Waals surface area (Å²) < 4.78 is 5.83. The minimum absolute atomic E-state index is 0.462. The molecule has 0 amide bonds. The highest BCUT2D eigenvalue weighted by atomic mass is 32.2. The fourth-order valence-corrected chi connectivity index (χ4v) is 3.52. The van der Waals surface area contributed by atoms with Crippen molar-refractivity contribution in [3.63, 3.8) is 0 Å². The first kappa shape index (κ1) is 10.9. The maximum Gasteiger partial charge on any atom is 0.157 e. The molecule has 0 bridgehead atoms. The summed E-state index contributed by atoms with van der Waals surface area (Å²) in [6.07, 6.45) is 5.55. The number of amidine groups is 1. The van der Waals surface area contributed by atoms with E-state index in [4.69, 9.17) is 4.74 Å². The molecule has 3 atom stereocenters. The number of ether oxygens (including phenoxy) is 1. The number of nitrogens with one attached hydrogen (secondary N) is 1. The van der Waals surface area contributed by atoms with Crippen molar-refractivity contribution in [1.29, 1.82) is 0 Å². The average Bonchev–Trinajstić information content (AvgIpc) is 2.88. The standard InChI is InChI=1S/C12H20N2OS/c1-2-9-7-13-12(16-9)14-10-5-6-15-11(10)8-3-4-8/h8-11H,2-7H2,1H3,(H,13,14). The van der Waals surface area contributed by atoms with Gasteiger partial charge in [0.25, 0.3) is 0 Å². The van der Waals surface area contributed by atoms with Crippen molar-refractivity contribution in [3.05, 3.63) is 0 Å². The number of hydrogen-bond donors (Lipinski definition) is 1. The van der Waals surface area contributed by atoms with Gasteiger partial charge in [-0.15, -0.1) is 0 Å². The van der Waals surface area contributed by atoms with Crippen LogP contribution in [-0.4, -0.2) is 35.7 Å². The van der Waals surface area contributed by atoms with Crippen LogP contribution in [0.1, 0.15) is 32.6 Å². The van der Waals surface area contributed by atoms with E-state index in [0.29, 0.717) is 17.4 Å². The van der Waals surface area contributed by atoms with Crippen molar-refractivity contribution >= 4 is 16.9 Å². The first-order valence-electron chi connectivity index (χ1n) is 6.46. The maximum atomic E-state index is 5.83. The molecule has 2 aliphatic heterocycles. The maximum absolute atomic E-state index is 5.83. The van der Waals surface area contributed by atoms with E-state index in [1.54, 1.807) is 0 Å². The molecule has 1 N–H and O–H groups in total. The second-order valence-electron chi connectivity index (χ2n) is 5.01. The van der Waals surface area contributed by atoms with Crippen molar-refractivity contribution in [2.45, 2.75) is 50.0 Å². The zero-order valence-electron chi connectivity index (χ0n) is 9.82. The molecular weight excluding hydrogens is 220 g/mol. The van der Waals surface area contributed by atoms with Crippen LogP contribution in [0.3, 0.4) is 0 Å². The summed E-state index contributed by atoms with van der Waals surface area (Å²) in [6, 6.07) is 0.523. The summed E-state index contributed by atoms with van der Waals surface area (Å²) in [5.41, 5.74) is 0. The summed E-state index contributed by atoms with van der Waals surface area (Å²) in [4.78, 5) is 4.58. The van der Waals surface area contributed by atoms with Crippen molar-refractivity contribution in [2.24, 2.45) is 10.9 Å². The Morgan fingerprint density at radius 2 is 2.31 bits per heavy atom. The van der Waals surface area contributed by atoms with Crippen molar-refractivity contribution < 1.29 is 4.74 Å². The molecule has 0 aromatic carbocycles. The third-order valence-electron chi connectivity index (χ3n) is 3.70. The van der Waals surface area contributed by atoms with E-state index < -0.39 is 0 Å². The van der Waals surface area contributed by atoms with Gasteiger partial charge < -0.3 is 10.1 Å². The van der Waals surface area contributed by atoms with Crippen molar-refractivity contribution in [3.8, 4) is 0 Å². The van der Waals surface area contributed by atoms with E-state index in [9.17, 15) is 0 Å². The number of thioether (sulfide) groups is 1. The number of rotatable bonds is 3. The van der Waals surface area contributed by atoms with Crippen molar-refractivity contribution in [2.75, 3.05) is 13.2 Å². The zero-order valence-corrected chi connectivity index (χ0v) is 10.6. The predicted octanol–water partition coefficient (Wildman–Crippen LogP) is 2.02. The van der Waals surface area contributed by atoms with Crippen LogP contribution >= 0.6 is 11.8 Å². The van der Waals surface area contributed by atoms with Gasteiger partial charge in [0.05, 0.1) is 18.7 Å². The predicted molar refractivity (Wildman–Crippen MR) is 68.0 cm³/mol. The summed E-state index contributed by atoms with van der Waals surface area (Å²) in [5, 5.41) is 5.46. The minimum atomic E-state index is 0.462. The van der Waals surface area contributed by atoms with Gasteiger partial charge in [-0.1, -0.05) is 18.7 Å². The van der Waals surface area contributed by atoms with Gasteiger partial charge in [0.1, 0.15) is 0 Å². The summed E-state index contributed by atoms with van der Waals surface area (Å²) in [7, 11) is 0. The van der Waals surface area contributed by atoms with E-state index in [-0.39, 0.29) is 0 Å². The number of aliphatic imine (C=N–C) groups is 1. The van der Waals surface area contributed by atoms with E-state index in [1.165, 1.54) is 19.3 Å². The van der Waals surface area contributed by atoms with Gasteiger partial charge in [-0.3, -0.25) is 4.99 Å². The molecule has 90 valence electrons. The van der Waals surface area contributed by atoms with Crippen LogP contribution in [0.5, 0.6) is 0 Å². The largest absolute Gasteiger partial charge is 0.376 e. The quantitative estimate of drug-likeness (QED) is 0.819. The first-order chi connectivity index (χ1) is 7.86.